The van der Waals surface area contributed by atoms with Crippen molar-refractivity contribution in [2.45, 2.75) is 68.8 Å². The number of hydrogen-bond acceptors (Lipinski definition) is 6. The second-order valence-corrected chi connectivity index (χ2v) is 9.68. The Morgan fingerprint density at radius 2 is 2.19 bits per heavy atom. The Hall–Kier alpha value is -2.32. The number of thiol groups is 1. The van der Waals surface area contributed by atoms with Crippen LogP contribution < -0.4 is 5.32 Å². The number of H-pyrrole nitrogens is 1. The van der Waals surface area contributed by atoms with E-state index in [4.69, 9.17) is 17.2 Å². The lowest BCUT2D eigenvalue weighted by atomic mass is 9.89. The van der Waals surface area contributed by atoms with Gasteiger partial charge in [-0.2, -0.15) is 12.6 Å². The van der Waals surface area contributed by atoms with Crippen LogP contribution >= 0.6 is 12.6 Å². The maximum Gasteiger partial charge on any atom is 0.289 e. The summed E-state index contributed by atoms with van der Waals surface area (Å²) in [6.07, 6.45) is 6.13. The first-order valence-electron chi connectivity index (χ1n) is 11.2. The van der Waals surface area contributed by atoms with Crippen molar-refractivity contribution >= 4 is 29.6 Å². The molecule has 8 heteroatoms. The van der Waals surface area contributed by atoms with Crippen molar-refractivity contribution in [2.75, 3.05) is 6.54 Å². The average molecular weight is 440 g/mol. The highest BCUT2D eigenvalue weighted by Gasteiger charge is 2.37. The van der Waals surface area contributed by atoms with Crippen molar-refractivity contribution in [3.63, 3.8) is 0 Å². The number of aromatic amines is 1. The lowest BCUT2D eigenvalue weighted by molar-refractivity contribution is 0.0605. The lowest BCUT2D eigenvalue weighted by Gasteiger charge is -2.42. The monoisotopic (exact) mass is 439 g/mol. The highest BCUT2D eigenvalue weighted by Crippen LogP contribution is 2.39. The summed E-state index contributed by atoms with van der Waals surface area (Å²) in [5, 5.41) is 7.76. The van der Waals surface area contributed by atoms with Gasteiger partial charge in [-0.3, -0.25) is 10.1 Å². The zero-order valence-corrected chi connectivity index (χ0v) is 18.7. The zero-order valence-electron chi connectivity index (χ0n) is 17.8. The first-order chi connectivity index (χ1) is 15.0. The molecule has 2 aliphatic rings. The number of aromatic nitrogens is 3. The van der Waals surface area contributed by atoms with Gasteiger partial charge in [0.05, 0.1) is 28.1 Å². The van der Waals surface area contributed by atoms with E-state index in [0.717, 1.165) is 48.2 Å². The van der Waals surface area contributed by atoms with E-state index in [1.807, 2.05) is 36.1 Å². The number of carbonyl (C=O) groups excluding carboxylic acids is 1. The number of fused-ring (bicyclic) bond motifs is 1. The van der Waals surface area contributed by atoms with Crippen LogP contribution in [-0.2, 0) is 6.54 Å². The third-order valence-electron chi connectivity index (χ3n) is 6.50. The predicted molar refractivity (Wildman–Crippen MR) is 122 cm³/mol. The molecule has 2 heterocycles. The zero-order chi connectivity index (χ0) is 21.4. The van der Waals surface area contributed by atoms with E-state index in [-0.39, 0.29) is 16.8 Å². The van der Waals surface area contributed by atoms with Crippen LogP contribution in [0.5, 0.6) is 0 Å². The van der Waals surface area contributed by atoms with Crippen LogP contribution in [0, 0.1) is 0 Å². The third kappa shape index (κ3) is 4.36. The van der Waals surface area contributed by atoms with E-state index >= 15 is 0 Å². The number of hydrogen-bond donors (Lipinski definition) is 3. The molecule has 0 radical (unpaired) electrons. The molecule has 0 aliphatic heterocycles. The molecule has 2 aromatic heterocycles. The topological polar surface area (TPSA) is 87.0 Å². The van der Waals surface area contributed by atoms with Crippen LogP contribution in [0.1, 0.15) is 73.4 Å². The van der Waals surface area contributed by atoms with E-state index in [1.54, 1.807) is 0 Å². The summed E-state index contributed by atoms with van der Waals surface area (Å²) in [5.74, 6) is 1.79. The normalized spacial score (nSPS) is 23.9. The number of imidazole rings is 1. The second-order valence-electron chi connectivity index (χ2n) is 8.82. The lowest BCUT2D eigenvalue weighted by Crippen LogP contribution is -2.51. The standard InChI is InChI=1S/C23H29N5O2S/c1-2-28(22(29)21-25-18-7-3-4-8-19(18)26-21)16-6-5-11-23(31,13-16)24-14-17-12-20(27-30-17)15-9-10-15/h3-4,7-8,12,15-16,24,31H,2,5-6,9-11,13-14H2,1H3,(H,25,26)/t16-,23?/m0/s1. The molecule has 31 heavy (non-hydrogen) atoms. The maximum atomic E-state index is 13.3. The predicted octanol–water partition coefficient (Wildman–Crippen LogP) is 4.25. The molecule has 3 aromatic rings. The maximum absolute atomic E-state index is 13.3. The highest BCUT2D eigenvalue weighted by atomic mass is 32.1. The molecule has 1 aromatic carbocycles. The molecule has 1 amide bonds. The van der Waals surface area contributed by atoms with Gasteiger partial charge in [0.1, 0.15) is 0 Å². The minimum Gasteiger partial charge on any atom is -0.360 e. The van der Waals surface area contributed by atoms with Gasteiger partial charge in [-0.25, -0.2) is 4.98 Å². The molecular formula is C23H29N5O2S. The van der Waals surface area contributed by atoms with Crippen molar-refractivity contribution in [3.05, 3.63) is 47.6 Å². The van der Waals surface area contributed by atoms with Gasteiger partial charge in [-0.1, -0.05) is 17.3 Å². The summed E-state index contributed by atoms with van der Waals surface area (Å²) in [6.45, 7) is 3.26. The van der Waals surface area contributed by atoms with Gasteiger partial charge in [0.2, 0.25) is 0 Å². The van der Waals surface area contributed by atoms with Gasteiger partial charge in [0, 0.05) is 24.6 Å². The summed E-state index contributed by atoms with van der Waals surface area (Å²) in [5.41, 5.74) is 2.77. The minimum absolute atomic E-state index is 0.0504. The van der Waals surface area contributed by atoms with E-state index in [0.29, 0.717) is 24.8 Å². The Labute approximate surface area is 187 Å². The van der Waals surface area contributed by atoms with Crippen molar-refractivity contribution in [3.8, 4) is 0 Å². The number of benzene rings is 1. The smallest absolute Gasteiger partial charge is 0.289 e. The molecule has 2 saturated carbocycles. The summed E-state index contributed by atoms with van der Waals surface area (Å²) in [7, 11) is 0. The van der Waals surface area contributed by atoms with Gasteiger partial charge >= 0.3 is 0 Å². The van der Waals surface area contributed by atoms with Crippen molar-refractivity contribution in [1.82, 2.24) is 25.3 Å². The largest absolute Gasteiger partial charge is 0.360 e. The summed E-state index contributed by atoms with van der Waals surface area (Å²) in [4.78, 5) is 22.5. The van der Waals surface area contributed by atoms with Gasteiger partial charge < -0.3 is 14.4 Å². The van der Waals surface area contributed by atoms with Crippen molar-refractivity contribution in [2.24, 2.45) is 0 Å². The molecular weight excluding hydrogens is 410 g/mol. The number of para-hydroxylation sites is 2. The van der Waals surface area contributed by atoms with Crippen LogP contribution in [0.3, 0.4) is 0 Å². The quantitative estimate of drug-likeness (QED) is 0.378. The van der Waals surface area contributed by atoms with Gasteiger partial charge in [-0.05, 0) is 57.6 Å². The number of nitrogens with zero attached hydrogens (tertiary/aromatic N) is 3. The molecule has 2 atom stereocenters. The molecule has 0 bridgehead atoms. The summed E-state index contributed by atoms with van der Waals surface area (Å²) < 4.78 is 5.50. The van der Waals surface area contributed by atoms with E-state index in [2.05, 4.69) is 26.5 Å². The first kappa shape index (κ1) is 20.6. The third-order valence-corrected chi connectivity index (χ3v) is 7.06. The van der Waals surface area contributed by atoms with Gasteiger partial charge in [0.25, 0.3) is 5.91 Å². The van der Waals surface area contributed by atoms with Crippen molar-refractivity contribution in [1.29, 1.82) is 0 Å². The van der Waals surface area contributed by atoms with Crippen LogP contribution in [0.25, 0.3) is 11.0 Å². The van der Waals surface area contributed by atoms with E-state index < -0.39 is 0 Å². The number of nitrogens with one attached hydrogen (secondary N) is 2. The number of amides is 1. The number of rotatable bonds is 7. The van der Waals surface area contributed by atoms with Crippen LogP contribution in [0.2, 0.25) is 0 Å². The highest BCUT2D eigenvalue weighted by molar-refractivity contribution is 7.81. The Bertz CT molecular complexity index is 1040. The van der Waals surface area contributed by atoms with Crippen LogP contribution in [0.4, 0.5) is 0 Å². The Morgan fingerprint density at radius 3 is 2.97 bits per heavy atom. The van der Waals surface area contributed by atoms with Crippen LogP contribution in [0.15, 0.2) is 34.9 Å². The molecule has 2 N–H and O–H groups in total. The SMILES string of the molecule is CCN(C(=O)c1nc2ccccc2[nH]1)[C@H]1CCCC(S)(NCc2cc(C3CC3)no2)C1. The molecule has 2 fully saturated rings. The number of carbonyl (C=O) groups is 1. The minimum atomic E-state index is -0.350. The molecule has 1 unspecified atom stereocenters. The van der Waals surface area contributed by atoms with E-state index in [9.17, 15) is 4.79 Å². The molecule has 5 rings (SSSR count). The van der Waals surface area contributed by atoms with Crippen molar-refractivity contribution < 1.29 is 9.32 Å². The molecule has 2 aliphatic carbocycles. The fourth-order valence-corrected chi connectivity index (χ4v) is 5.09. The molecule has 0 spiro atoms. The second kappa shape index (κ2) is 8.31. The van der Waals surface area contributed by atoms with Gasteiger partial charge in [0.15, 0.2) is 11.6 Å². The van der Waals surface area contributed by atoms with Gasteiger partial charge in [-0.15, -0.1) is 0 Å². The first-order valence-corrected chi connectivity index (χ1v) is 11.7. The Morgan fingerprint density at radius 1 is 1.35 bits per heavy atom. The summed E-state index contributed by atoms with van der Waals surface area (Å²) in [6, 6.07) is 9.90. The Balaban J connectivity index is 1.26. The van der Waals surface area contributed by atoms with E-state index in [1.165, 1.54) is 12.8 Å². The summed E-state index contributed by atoms with van der Waals surface area (Å²) >= 11 is 4.99. The molecule has 164 valence electrons. The average Bonchev–Trinajstić information content (AvgIpc) is 3.35. The Kier molecular flexibility index (Phi) is 5.52. The molecule has 0 saturated heterocycles. The van der Waals surface area contributed by atoms with Crippen LogP contribution in [-0.4, -0.2) is 43.4 Å². The fourth-order valence-electron chi connectivity index (χ4n) is 4.64. The fraction of sp³-hybridized carbons (Fsp3) is 0.522. The molecule has 7 nitrogen and oxygen atoms in total.